The summed E-state index contributed by atoms with van der Waals surface area (Å²) >= 11 is 7.66. The van der Waals surface area contributed by atoms with Gasteiger partial charge < -0.3 is 5.32 Å². The second kappa shape index (κ2) is 6.30. The Morgan fingerprint density at radius 1 is 1.55 bits per heavy atom. The summed E-state index contributed by atoms with van der Waals surface area (Å²) in [6, 6.07) is 4.62. The molecule has 1 atom stereocenters. The molecule has 106 valence electrons. The van der Waals surface area contributed by atoms with Crippen molar-refractivity contribution in [3.8, 4) is 0 Å². The van der Waals surface area contributed by atoms with Crippen molar-refractivity contribution in [3.63, 3.8) is 0 Å². The van der Waals surface area contributed by atoms with Gasteiger partial charge in [-0.2, -0.15) is 0 Å². The Bertz CT molecular complexity index is 630. The quantitative estimate of drug-likeness (QED) is 0.672. The van der Waals surface area contributed by atoms with Crippen molar-refractivity contribution < 1.29 is 4.92 Å². The highest BCUT2D eigenvalue weighted by atomic mass is 35.5. The Morgan fingerprint density at radius 3 is 2.85 bits per heavy atom. The summed E-state index contributed by atoms with van der Waals surface area (Å²) in [6.07, 6.45) is 0. The second-order valence-corrected chi connectivity index (χ2v) is 5.76. The number of nitrogens with zero attached hydrogens (tertiary/aromatic N) is 2. The number of nitro benzene ring substituents is 1. The van der Waals surface area contributed by atoms with Gasteiger partial charge in [0.1, 0.15) is 5.01 Å². The number of rotatable bonds is 5. The van der Waals surface area contributed by atoms with E-state index in [2.05, 4.69) is 10.3 Å². The lowest BCUT2D eigenvalue weighted by Crippen LogP contribution is -2.18. The standard InChI is InChI=1S/C13H14ClN3O2S/c1-8-7-20-13(16-8)9(2)15-6-10-3-4-11(17(18)19)5-12(10)14/h3-5,7,9,15H,6H2,1-2H3. The first-order valence-electron chi connectivity index (χ1n) is 6.05. The molecule has 0 aliphatic carbocycles. The Hall–Kier alpha value is -1.50. The van der Waals surface area contributed by atoms with Gasteiger partial charge in [-0.3, -0.25) is 10.1 Å². The maximum Gasteiger partial charge on any atom is 0.270 e. The van der Waals surface area contributed by atoms with Crippen molar-refractivity contribution in [2.24, 2.45) is 0 Å². The monoisotopic (exact) mass is 311 g/mol. The smallest absolute Gasteiger partial charge is 0.270 e. The summed E-state index contributed by atoms with van der Waals surface area (Å²) in [7, 11) is 0. The molecule has 7 heteroatoms. The molecular weight excluding hydrogens is 298 g/mol. The average molecular weight is 312 g/mol. The molecule has 0 spiro atoms. The van der Waals surface area contributed by atoms with Crippen molar-refractivity contribution in [3.05, 3.63) is 55.0 Å². The molecule has 0 saturated heterocycles. The van der Waals surface area contributed by atoms with Crippen molar-refractivity contribution >= 4 is 28.6 Å². The Labute approximate surface area is 125 Å². The molecule has 1 N–H and O–H groups in total. The number of hydrogen-bond donors (Lipinski definition) is 1. The summed E-state index contributed by atoms with van der Waals surface area (Å²) in [5.41, 5.74) is 1.84. The van der Waals surface area contributed by atoms with Crippen LogP contribution in [0.5, 0.6) is 0 Å². The van der Waals surface area contributed by atoms with Crippen molar-refractivity contribution in [2.45, 2.75) is 26.4 Å². The number of aryl methyl sites for hydroxylation is 1. The fourth-order valence-corrected chi connectivity index (χ4v) is 2.78. The zero-order valence-corrected chi connectivity index (χ0v) is 12.7. The summed E-state index contributed by atoms with van der Waals surface area (Å²) < 4.78 is 0. The Morgan fingerprint density at radius 2 is 2.30 bits per heavy atom. The normalized spacial score (nSPS) is 12.3. The van der Waals surface area contributed by atoms with E-state index >= 15 is 0 Å². The number of thiazole rings is 1. The molecule has 0 fully saturated rings. The molecule has 0 radical (unpaired) electrons. The first kappa shape index (κ1) is 14.9. The summed E-state index contributed by atoms with van der Waals surface area (Å²) in [5, 5.41) is 17.4. The second-order valence-electron chi connectivity index (χ2n) is 4.46. The molecule has 1 aromatic heterocycles. The average Bonchev–Trinajstić information content (AvgIpc) is 2.83. The van der Waals surface area contributed by atoms with E-state index in [0.717, 1.165) is 16.3 Å². The minimum absolute atomic E-state index is 0.00217. The van der Waals surface area contributed by atoms with E-state index in [4.69, 9.17) is 11.6 Å². The predicted molar refractivity (Wildman–Crippen MR) is 80.2 cm³/mol. The van der Waals surface area contributed by atoms with Gasteiger partial charge in [-0.1, -0.05) is 11.6 Å². The number of benzene rings is 1. The van der Waals surface area contributed by atoms with Crippen LogP contribution < -0.4 is 5.32 Å². The molecule has 0 saturated carbocycles. The van der Waals surface area contributed by atoms with Crippen LogP contribution in [-0.2, 0) is 6.54 Å². The van der Waals surface area contributed by atoms with Crippen LogP contribution in [0, 0.1) is 17.0 Å². The van der Waals surface area contributed by atoms with E-state index in [1.807, 2.05) is 19.2 Å². The van der Waals surface area contributed by atoms with Gasteiger partial charge in [0.25, 0.3) is 5.69 Å². The van der Waals surface area contributed by atoms with Gasteiger partial charge >= 0.3 is 0 Å². The van der Waals surface area contributed by atoms with Crippen LogP contribution in [0.4, 0.5) is 5.69 Å². The topological polar surface area (TPSA) is 68.1 Å². The number of aromatic nitrogens is 1. The van der Waals surface area contributed by atoms with Crippen LogP contribution in [0.25, 0.3) is 0 Å². The zero-order chi connectivity index (χ0) is 14.7. The van der Waals surface area contributed by atoms with Gasteiger partial charge in [0.2, 0.25) is 0 Å². The minimum Gasteiger partial charge on any atom is -0.304 e. The molecule has 0 aliphatic heterocycles. The van der Waals surface area contributed by atoms with E-state index in [9.17, 15) is 10.1 Å². The summed E-state index contributed by atoms with van der Waals surface area (Å²) in [6.45, 7) is 4.52. The van der Waals surface area contributed by atoms with Crippen LogP contribution >= 0.6 is 22.9 Å². The third-order valence-electron chi connectivity index (χ3n) is 2.85. The lowest BCUT2D eigenvalue weighted by molar-refractivity contribution is -0.384. The summed E-state index contributed by atoms with van der Waals surface area (Å²) in [4.78, 5) is 14.6. The van der Waals surface area contributed by atoms with Gasteiger partial charge in [-0.15, -0.1) is 11.3 Å². The highest BCUT2D eigenvalue weighted by Crippen LogP contribution is 2.23. The van der Waals surface area contributed by atoms with E-state index in [1.54, 1.807) is 17.4 Å². The van der Waals surface area contributed by atoms with Gasteiger partial charge in [-0.05, 0) is 25.5 Å². The lowest BCUT2D eigenvalue weighted by atomic mass is 10.2. The molecule has 2 aromatic rings. The molecule has 1 heterocycles. The number of nitro groups is 1. The fraction of sp³-hybridized carbons (Fsp3) is 0.308. The molecule has 0 bridgehead atoms. The van der Waals surface area contributed by atoms with Gasteiger partial charge in [0.05, 0.1) is 16.0 Å². The van der Waals surface area contributed by atoms with Crippen molar-refractivity contribution in [1.29, 1.82) is 0 Å². The molecule has 2 rings (SSSR count). The molecule has 5 nitrogen and oxygen atoms in total. The highest BCUT2D eigenvalue weighted by molar-refractivity contribution is 7.09. The fourth-order valence-electron chi connectivity index (χ4n) is 1.71. The van der Waals surface area contributed by atoms with Gasteiger partial charge in [0.15, 0.2) is 0 Å². The predicted octanol–water partition coefficient (Wildman–Crippen LogP) is 3.86. The molecular formula is C13H14ClN3O2S. The molecule has 0 aliphatic rings. The van der Waals surface area contributed by atoms with Crippen molar-refractivity contribution in [1.82, 2.24) is 10.3 Å². The number of nitrogens with one attached hydrogen (secondary N) is 1. The van der Waals surface area contributed by atoms with Crippen LogP contribution in [0.2, 0.25) is 5.02 Å². The van der Waals surface area contributed by atoms with Gasteiger partial charge in [0, 0.05) is 29.8 Å². The highest BCUT2D eigenvalue weighted by Gasteiger charge is 2.12. The van der Waals surface area contributed by atoms with Crippen LogP contribution in [0.3, 0.4) is 0 Å². The lowest BCUT2D eigenvalue weighted by Gasteiger charge is -2.12. The van der Waals surface area contributed by atoms with E-state index in [0.29, 0.717) is 11.6 Å². The molecule has 1 aromatic carbocycles. The third kappa shape index (κ3) is 3.53. The van der Waals surface area contributed by atoms with Gasteiger partial charge in [-0.25, -0.2) is 4.98 Å². The molecule has 1 unspecified atom stereocenters. The maximum absolute atomic E-state index is 10.6. The number of hydrogen-bond acceptors (Lipinski definition) is 5. The largest absolute Gasteiger partial charge is 0.304 e. The van der Waals surface area contributed by atoms with Crippen molar-refractivity contribution in [2.75, 3.05) is 0 Å². The maximum atomic E-state index is 10.6. The first-order chi connectivity index (χ1) is 9.47. The minimum atomic E-state index is -0.454. The summed E-state index contributed by atoms with van der Waals surface area (Å²) in [5.74, 6) is 0. The van der Waals surface area contributed by atoms with Crippen LogP contribution in [0.15, 0.2) is 23.6 Å². The number of halogens is 1. The van der Waals surface area contributed by atoms with Crippen LogP contribution in [0.1, 0.15) is 29.2 Å². The Balaban J connectivity index is 2.02. The van der Waals surface area contributed by atoms with Crippen LogP contribution in [-0.4, -0.2) is 9.91 Å². The van der Waals surface area contributed by atoms with E-state index in [-0.39, 0.29) is 11.7 Å². The molecule has 20 heavy (non-hydrogen) atoms. The number of non-ortho nitro benzene ring substituents is 1. The van der Waals surface area contributed by atoms with E-state index in [1.165, 1.54) is 12.1 Å². The molecule has 0 amide bonds. The first-order valence-corrected chi connectivity index (χ1v) is 7.31. The Kier molecular flexibility index (Phi) is 4.69. The van der Waals surface area contributed by atoms with E-state index < -0.39 is 4.92 Å². The zero-order valence-electron chi connectivity index (χ0n) is 11.1. The SMILES string of the molecule is Cc1csc(C(C)NCc2ccc([N+](=O)[O-])cc2Cl)n1. The third-order valence-corrected chi connectivity index (χ3v) is 4.35.